The summed E-state index contributed by atoms with van der Waals surface area (Å²) in [6, 6.07) is 12.2. The Bertz CT molecular complexity index is 1270. The van der Waals surface area contributed by atoms with Crippen LogP contribution in [-0.4, -0.2) is 70.4 Å². The standard InChI is InChI=1S/C27H31BrN8O/c1-19(2)14-32-36(26-24(28)17-31-25(13-29)33-26)27(37)23-12-22(15-30-16-23)21-6-4-20(5-7-21)18-35-10-8-34(3)9-11-35/h4-7,12,15-17,19,32H,8-11,14,18H2,1-3H3. The van der Waals surface area contributed by atoms with Crippen LogP contribution in [0.3, 0.4) is 0 Å². The summed E-state index contributed by atoms with van der Waals surface area (Å²) < 4.78 is 0.496. The fourth-order valence-electron chi connectivity index (χ4n) is 4.00. The second kappa shape index (κ2) is 12.3. The molecule has 9 nitrogen and oxygen atoms in total. The first-order valence-electron chi connectivity index (χ1n) is 12.3. The average Bonchev–Trinajstić information content (AvgIpc) is 2.91. The molecule has 0 unspecified atom stereocenters. The van der Waals surface area contributed by atoms with Crippen LogP contribution in [0.1, 0.15) is 35.6 Å². The minimum atomic E-state index is -0.329. The van der Waals surface area contributed by atoms with Gasteiger partial charge in [0.2, 0.25) is 5.82 Å². The van der Waals surface area contributed by atoms with Crippen molar-refractivity contribution in [1.29, 1.82) is 5.26 Å². The van der Waals surface area contributed by atoms with Gasteiger partial charge in [-0.3, -0.25) is 14.7 Å². The molecule has 0 radical (unpaired) electrons. The lowest BCUT2D eigenvalue weighted by atomic mass is 10.0. The number of hydrogen-bond acceptors (Lipinski definition) is 8. The Balaban J connectivity index is 1.55. The average molecular weight is 564 g/mol. The fraction of sp³-hybridized carbons (Fsp3) is 0.370. The van der Waals surface area contributed by atoms with Crippen molar-refractivity contribution in [2.24, 2.45) is 5.92 Å². The Labute approximate surface area is 226 Å². The lowest BCUT2D eigenvalue weighted by molar-refractivity contribution is 0.0971. The lowest BCUT2D eigenvalue weighted by Crippen LogP contribution is -2.45. The van der Waals surface area contributed by atoms with Crippen LogP contribution in [0.4, 0.5) is 5.82 Å². The number of nitrogens with one attached hydrogen (secondary N) is 1. The summed E-state index contributed by atoms with van der Waals surface area (Å²) in [7, 11) is 2.16. The highest BCUT2D eigenvalue weighted by molar-refractivity contribution is 9.10. The Morgan fingerprint density at radius 3 is 2.54 bits per heavy atom. The number of pyridine rings is 1. The maximum atomic E-state index is 13.6. The zero-order valence-electron chi connectivity index (χ0n) is 21.4. The summed E-state index contributed by atoms with van der Waals surface area (Å²) in [6.45, 7) is 9.89. The molecular weight excluding hydrogens is 532 g/mol. The molecule has 192 valence electrons. The van der Waals surface area contributed by atoms with Crippen molar-refractivity contribution in [2.75, 3.05) is 44.8 Å². The van der Waals surface area contributed by atoms with Gasteiger partial charge in [0.15, 0.2) is 5.82 Å². The fourth-order valence-corrected chi connectivity index (χ4v) is 4.36. The number of carbonyl (C=O) groups is 1. The molecule has 1 N–H and O–H groups in total. The minimum absolute atomic E-state index is 0.0223. The number of nitrogens with zero attached hydrogens (tertiary/aromatic N) is 7. The number of hydrogen-bond donors (Lipinski definition) is 1. The van der Waals surface area contributed by atoms with Crippen LogP contribution in [0.5, 0.6) is 0 Å². The van der Waals surface area contributed by atoms with Crippen molar-refractivity contribution < 1.29 is 4.79 Å². The van der Waals surface area contributed by atoms with Gasteiger partial charge in [0.25, 0.3) is 5.91 Å². The van der Waals surface area contributed by atoms with Crippen LogP contribution >= 0.6 is 15.9 Å². The van der Waals surface area contributed by atoms with Crippen molar-refractivity contribution in [3.05, 3.63) is 70.3 Å². The number of rotatable bonds is 8. The predicted molar refractivity (Wildman–Crippen MR) is 147 cm³/mol. The van der Waals surface area contributed by atoms with E-state index in [4.69, 9.17) is 0 Å². The van der Waals surface area contributed by atoms with Crippen molar-refractivity contribution in [2.45, 2.75) is 20.4 Å². The van der Waals surface area contributed by atoms with Gasteiger partial charge in [-0.2, -0.15) is 10.2 Å². The van der Waals surface area contributed by atoms with E-state index in [0.29, 0.717) is 16.6 Å². The monoisotopic (exact) mass is 562 g/mol. The third kappa shape index (κ3) is 6.96. The number of hydrazine groups is 1. The van der Waals surface area contributed by atoms with E-state index in [1.54, 1.807) is 6.20 Å². The van der Waals surface area contributed by atoms with Crippen LogP contribution in [0.25, 0.3) is 11.1 Å². The zero-order chi connectivity index (χ0) is 26.4. The number of benzene rings is 1. The molecule has 2 aromatic heterocycles. The number of aromatic nitrogens is 3. The summed E-state index contributed by atoms with van der Waals surface area (Å²) in [5.74, 6) is 0.201. The molecule has 0 saturated carbocycles. The molecule has 1 saturated heterocycles. The van der Waals surface area contributed by atoms with Crippen LogP contribution in [0.15, 0.2) is 53.4 Å². The Kier molecular flexibility index (Phi) is 8.95. The zero-order valence-corrected chi connectivity index (χ0v) is 22.9. The number of halogens is 1. The van der Waals surface area contributed by atoms with Gasteiger partial charge >= 0.3 is 0 Å². The van der Waals surface area contributed by atoms with Gasteiger partial charge in [0.1, 0.15) is 6.07 Å². The second-order valence-electron chi connectivity index (χ2n) is 9.61. The van der Waals surface area contributed by atoms with Crippen LogP contribution < -0.4 is 10.4 Å². The normalized spacial score (nSPS) is 14.5. The number of carbonyl (C=O) groups excluding carboxylic acids is 1. The van der Waals surface area contributed by atoms with Crippen LogP contribution in [0.2, 0.25) is 0 Å². The molecule has 3 heterocycles. The molecule has 4 rings (SSSR count). The Morgan fingerprint density at radius 1 is 1.14 bits per heavy atom. The summed E-state index contributed by atoms with van der Waals surface area (Å²) in [4.78, 5) is 31.0. The van der Waals surface area contributed by atoms with E-state index in [9.17, 15) is 10.1 Å². The van der Waals surface area contributed by atoms with E-state index in [-0.39, 0.29) is 23.5 Å². The SMILES string of the molecule is CC(C)CNN(C(=O)c1cncc(-c2ccc(CN3CCN(C)CC3)cc2)c1)c1nc(C#N)ncc1Br. The van der Waals surface area contributed by atoms with E-state index < -0.39 is 0 Å². The third-order valence-corrected chi connectivity index (χ3v) is 6.73. The topological polar surface area (TPSA) is 101 Å². The maximum absolute atomic E-state index is 13.6. The highest BCUT2D eigenvalue weighted by Gasteiger charge is 2.23. The molecule has 10 heteroatoms. The Hall–Kier alpha value is -3.23. The molecule has 1 aromatic carbocycles. The van der Waals surface area contributed by atoms with Crippen molar-refractivity contribution in [3.63, 3.8) is 0 Å². The highest BCUT2D eigenvalue weighted by atomic mass is 79.9. The van der Waals surface area contributed by atoms with Gasteiger partial charge in [0, 0.05) is 63.4 Å². The van der Waals surface area contributed by atoms with Gasteiger partial charge in [-0.15, -0.1) is 0 Å². The maximum Gasteiger partial charge on any atom is 0.275 e. The molecule has 1 amide bonds. The number of piperazine rings is 1. The van der Waals surface area contributed by atoms with Gasteiger partial charge in [-0.25, -0.2) is 15.4 Å². The van der Waals surface area contributed by atoms with Crippen LogP contribution in [-0.2, 0) is 6.54 Å². The molecular formula is C27H31BrN8O. The van der Waals surface area contributed by atoms with E-state index in [1.165, 1.54) is 23.0 Å². The molecule has 0 aliphatic carbocycles. The molecule has 0 atom stereocenters. The second-order valence-corrected chi connectivity index (χ2v) is 10.5. The molecule has 1 aliphatic heterocycles. The molecule has 37 heavy (non-hydrogen) atoms. The highest BCUT2D eigenvalue weighted by Crippen LogP contribution is 2.25. The van der Waals surface area contributed by atoms with Crippen molar-refractivity contribution >= 4 is 27.7 Å². The number of amides is 1. The van der Waals surface area contributed by atoms with E-state index in [0.717, 1.165) is 43.9 Å². The first-order chi connectivity index (χ1) is 17.8. The Morgan fingerprint density at radius 2 is 1.86 bits per heavy atom. The number of likely N-dealkylation sites (N-methyl/N-ethyl adjacent to an activating group) is 1. The van der Waals surface area contributed by atoms with Gasteiger partial charge in [-0.05, 0) is 46.1 Å². The number of anilines is 1. The molecule has 3 aromatic rings. The molecule has 1 fully saturated rings. The van der Waals surface area contributed by atoms with Crippen molar-refractivity contribution in [3.8, 4) is 17.2 Å². The smallest absolute Gasteiger partial charge is 0.275 e. The van der Waals surface area contributed by atoms with E-state index in [1.807, 2.05) is 26.0 Å². The van der Waals surface area contributed by atoms with Gasteiger partial charge in [0.05, 0.1) is 10.0 Å². The van der Waals surface area contributed by atoms with Crippen LogP contribution in [0, 0.1) is 17.2 Å². The molecule has 0 spiro atoms. The molecule has 1 aliphatic rings. The first kappa shape index (κ1) is 26.8. The summed E-state index contributed by atoms with van der Waals surface area (Å²) in [6.07, 6.45) is 4.76. The molecule has 0 bridgehead atoms. The summed E-state index contributed by atoms with van der Waals surface area (Å²) >= 11 is 3.41. The van der Waals surface area contributed by atoms with Gasteiger partial charge in [-0.1, -0.05) is 38.1 Å². The first-order valence-corrected chi connectivity index (χ1v) is 13.1. The largest absolute Gasteiger partial charge is 0.304 e. The minimum Gasteiger partial charge on any atom is -0.304 e. The third-order valence-electron chi connectivity index (χ3n) is 6.17. The predicted octanol–water partition coefficient (Wildman–Crippen LogP) is 3.73. The number of nitriles is 1. The lowest BCUT2D eigenvalue weighted by Gasteiger charge is -2.32. The summed E-state index contributed by atoms with van der Waals surface area (Å²) in [5.41, 5.74) is 6.65. The van der Waals surface area contributed by atoms with E-state index >= 15 is 0 Å². The summed E-state index contributed by atoms with van der Waals surface area (Å²) in [5, 5.41) is 10.6. The van der Waals surface area contributed by atoms with Crippen molar-refractivity contribution in [1.82, 2.24) is 30.2 Å². The van der Waals surface area contributed by atoms with Gasteiger partial charge < -0.3 is 4.90 Å². The van der Waals surface area contributed by atoms with E-state index in [2.05, 4.69) is 77.4 Å². The quantitative estimate of drug-likeness (QED) is 0.414.